The molecule has 0 saturated heterocycles. The highest BCUT2D eigenvalue weighted by atomic mass is 19.1. The summed E-state index contributed by atoms with van der Waals surface area (Å²) in [5.41, 5.74) is 2.02. The standard InChI is InChI=1S/C21H17FN2O3/c22-17-6-1-4-15(12-17)9-10-20(25)23-14-16-5-2-7-18(13-16)24-21(26)19-8-3-11-27-19/h1-13H,14H2,(H,23,25)(H,24,26)/b10-9+. The van der Waals surface area contributed by atoms with Crippen molar-refractivity contribution in [3.63, 3.8) is 0 Å². The SMILES string of the molecule is O=C(/C=C/c1cccc(F)c1)NCc1cccc(NC(=O)c2ccco2)c1. The Hall–Kier alpha value is -3.67. The van der Waals surface area contributed by atoms with Gasteiger partial charge in [-0.1, -0.05) is 24.3 Å². The molecule has 3 aromatic rings. The molecule has 2 amide bonds. The van der Waals surface area contributed by atoms with Crippen molar-refractivity contribution in [2.75, 3.05) is 5.32 Å². The third-order valence-electron chi connectivity index (χ3n) is 3.67. The van der Waals surface area contributed by atoms with Crippen LogP contribution in [0.25, 0.3) is 6.08 Å². The van der Waals surface area contributed by atoms with E-state index in [9.17, 15) is 14.0 Å². The van der Waals surface area contributed by atoms with E-state index in [0.717, 1.165) is 5.56 Å². The number of halogens is 1. The van der Waals surface area contributed by atoms with E-state index in [4.69, 9.17) is 4.42 Å². The molecule has 0 saturated carbocycles. The maximum absolute atomic E-state index is 13.1. The summed E-state index contributed by atoms with van der Waals surface area (Å²) < 4.78 is 18.2. The number of furan rings is 1. The molecule has 0 spiro atoms. The van der Waals surface area contributed by atoms with Gasteiger partial charge in [0.1, 0.15) is 5.82 Å². The van der Waals surface area contributed by atoms with Gasteiger partial charge in [-0.2, -0.15) is 0 Å². The number of carbonyl (C=O) groups is 2. The quantitative estimate of drug-likeness (QED) is 0.650. The van der Waals surface area contributed by atoms with Gasteiger partial charge in [0.25, 0.3) is 5.91 Å². The maximum atomic E-state index is 13.1. The largest absolute Gasteiger partial charge is 0.459 e. The number of anilines is 1. The first-order valence-electron chi connectivity index (χ1n) is 8.25. The van der Waals surface area contributed by atoms with Crippen LogP contribution in [-0.2, 0) is 11.3 Å². The summed E-state index contributed by atoms with van der Waals surface area (Å²) in [6, 6.07) is 16.3. The van der Waals surface area contributed by atoms with Crippen molar-refractivity contribution in [2.24, 2.45) is 0 Å². The Morgan fingerprint density at radius 2 is 1.89 bits per heavy atom. The molecule has 0 unspecified atom stereocenters. The third-order valence-corrected chi connectivity index (χ3v) is 3.67. The van der Waals surface area contributed by atoms with Gasteiger partial charge in [0.2, 0.25) is 5.91 Å². The molecule has 1 aromatic heterocycles. The minimum atomic E-state index is -0.356. The van der Waals surface area contributed by atoms with E-state index in [-0.39, 0.29) is 29.9 Å². The molecule has 3 rings (SSSR count). The Labute approximate surface area is 155 Å². The first kappa shape index (κ1) is 18.1. The van der Waals surface area contributed by atoms with E-state index in [1.807, 2.05) is 6.07 Å². The Morgan fingerprint density at radius 1 is 1.04 bits per heavy atom. The van der Waals surface area contributed by atoms with E-state index < -0.39 is 0 Å². The van der Waals surface area contributed by atoms with Crippen molar-refractivity contribution in [2.45, 2.75) is 6.54 Å². The number of benzene rings is 2. The minimum absolute atomic E-state index is 0.219. The number of rotatable bonds is 6. The minimum Gasteiger partial charge on any atom is -0.459 e. The van der Waals surface area contributed by atoms with Crippen LogP contribution in [0, 0.1) is 5.82 Å². The first-order valence-corrected chi connectivity index (χ1v) is 8.25. The van der Waals surface area contributed by atoms with Gasteiger partial charge in [-0.05, 0) is 53.6 Å². The van der Waals surface area contributed by atoms with Crippen LogP contribution in [-0.4, -0.2) is 11.8 Å². The van der Waals surface area contributed by atoms with Crippen LogP contribution in [0.5, 0.6) is 0 Å². The van der Waals surface area contributed by atoms with Gasteiger partial charge in [0.05, 0.1) is 6.26 Å². The van der Waals surface area contributed by atoms with Crippen molar-refractivity contribution in [1.82, 2.24) is 5.32 Å². The van der Waals surface area contributed by atoms with Gasteiger partial charge in [-0.3, -0.25) is 9.59 Å². The molecule has 2 aromatic carbocycles. The van der Waals surface area contributed by atoms with E-state index in [0.29, 0.717) is 11.3 Å². The molecule has 0 fully saturated rings. The number of hydrogen-bond acceptors (Lipinski definition) is 3. The number of hydrogen-bond donors (Lipinski definition) is 2. The van der Waals surface area contributed by atoms with Gasteiger partial charge in [0.15, 0.2) is 5.76 Å². The molecule has 2 N–H and O–H groups in total. The van der Waals surface area contributed by atoms with Crippen LogP contribution in [0.15, 0.2) is 77.4 Å². The first-order chi connectivity index (χ1) is 13.1. The Balaban J connectivity index is 1.55. The van der Waals surface area contributed by atoms with Gasteiger partial charge < -0.3 is 15.1 Å². The van der Waals surface area contributed by atoms with Crippen molar-refractivity contribution in [3.8, 4) is 0 Å². The van der Waals surface area contributed by atoms with Crippen LogP contribution < -0.4 is 10.6 Å². The highest BCUT2D eigenvalue weighted by Gasteiger charge is 2.08. The predicted molar refractivity (Wildman–Crippen MR) is 100 cm³/mol. The molecule has 27 heavy (non-hydrogen) atoms. The van der Waals surface area contributed by atoms with E-state index in [1.54, 1.807) is 48.5 Å². The highest BCUT2D eigenvalue weighted by molar-refractivity contribution is 6.02. The third kappa shape index (κ3) is 5.40. The molecule has 5 nitrogen and oxygen atoms in total. The molecule has 0 atom stereocenters. The Bertz CT molecular complexity index is 965. The monoisotopic (exact) mass is 364 g/mol. The summed E-state index contributed by atoms with van der Waals surface area (Å²) in [4.78, 5) is 23.9. The summed E-state index contributed by atoms with van der Waals surface area (Å²) in [6.07, 6.45) is 4.31. The van der Waals surface area contributed by atoms with Gasteiger partial charge >= 0.3 is 0 Å². The van der Waals surface area contributed by atoms with E-state index in [2.05, 4.69) is 10.6 Å². The fourth-order valence-corrected chi connectivity index (χ4v) is 2.39. The molecule has 0 aliphatic heterocycles. The van der Waals surface area contributed by atoms with Crippen LogP contribution >= 0.6 is 0 Å². The van der Waals surface area contributed by atoms with Crippen LogP contribution in [0.2, 0.25) is 0 Å². The lowest BCUT2D eigenvalue weighted by Gasteiger charge is -2.07. The molecular formula is C21H17FN2O3. The fourth-order valence-electron chi connectivity index (χ4n) is 2.39. The van der Waals surface area contributed by atoms with Gasteiger partial charge in [-0.25, -0.2) is 4.39 Å². The highest BCUT2D eigenvalue weighted by Crippen LogP contribution is 2.13. The maximum Gasteiger partial charge on any atom is 0.291 e. The second kappa shape index (κ2) is 8.62. The molecule has 0 aliphatic carbocycles. The zero-order chi connectivity index (χ0) is 19.1. The molecular weight excluding hydrogens is 347 g/mol. The second-order valence-corrected chi connectivity index (χ2v) is 5.74. The lowest BCUT2D eigenvalue weighted by atomic mass is 10.2. The van der Waals surface area contributed by atoms with Gasteiger partial charge in [-0.15, -0.1) is 0 Å². The summed E-state index contributed by atoms with van der Waals surface area (Å²) in [5, 5.41) is 5.47. The molecule has 6 heteroatoms. The average molecular weight is 364 g/mol. The topological polar surface area (TPSA) is 71.3 Å². The van der Waals surface area contributed by atoms with Crippen molar-refractivity contribution >= 4 is 23.6 Å². The zero-order valence-corrected chi connectivity index (χ0v) is 14.3. The fraction of sp³-hybridized carbons (Fsp3) is 0.0476. The molecule has 1 heterocycles. The molecule has 136 valence electrons. The number of amides is 2. The zero-order valence-electron chi connectivity index (χ0n) is 14.3. The van der Waals surface area contributed by atoms with Crippen LogP contribution in [0.1, 0.15) is 21.7 Å². The predicted octanol–water partition coefficient (Wildman–Crippen LogP) is 4.00. The van der Waals surface area contributed by atoms with Crippen molar-refractivity contribution < 1.29 is 18.4 Å². The van der Waals surface area contributed by atoms with Gasteiger partial charge in [0, 0.05) is 18.3 Å². The van der Waals surface area contributed by atoms with Crippen LogP contribution in [0.4, 0.5) is 10.1 Å². The molecule has 0 bridgehead atoms. The molecule has 0 radical (unpaired) electrons. The average Bonchev–Trinajstić information content (AvgIpc) is 3.20. The lowest BCUT2D eigenvalue weighted by molar-refractivity contribution is -0.116. The van der Waals surface area contributed by atoms with Crippen molar-refractivity contribution in [1.29, 1.82) is 0 Å². The molecule has 0 aliphatic rings. The van der Waals surface area contributed by atoms with Crippen LogP contribution in [0.3, 0.4) is 0 Å². The number of nitrogens with one attached hydrogen (secondary N) is 2. The smallest absolute Gasteiger partial charge is 0.291 e. The van der Waals surface area contributed by atoms with Crippen molar-refractivity contribution in [3.05, 3.63) is 95.7 Å². The second-order valence-electron chi connectivity index (χ2n) is 5.74. The number of carbonyl (C=O) groups excluding carboxylic acids is 2. The lowest BCUT2D eigenvalue weighted by Crippen LogP contribution is -2.20. The summed E-state index contributed by atoms with van der Waals surface area (Å²) >= 11 is 0. The normalized spacial score (nSPS) is 10.7. The summed E-state index contributed by atoms with van der Waals surface area (Å²) in [6.45, 7) is 0.288. The Morgan fingerprint density at radius 3 is 2.67 bits per heavy atom. The van der Waals surface area contributed by atoms with E-state index >= 15 is 0 Å². The Kier molecular flexibility index (Phi) is 5.79. The van der Waals surface area contributed by atoms with E-state index in [1.165, 1.54) is 24.5 Å². The summed E-state index contributed by atoms with van der Waals surface area (Å²) in [5.74, 6) is -0.786. The summed E-state index contributed by atoms with van der Waals surface area (Å²) in [7, 11) is 0.